The number of benzene rings is 1. The van der Waals surface area contributed by atoms with Crippen molar-refractivity contribution < 1.29 is 4.79 Å². The molecule has 2 aromatic rings. The predicted octanol–water partition coefficient (Wildman–Crippen LogP) is 3.24. The van der Waals surface area contributed by atoms with Crippen molar-refractivity contribution in [2.75, 3.05) is 6.54 Å². The van der Waals surface area contributed by atoms with Crippen LogP contribution < -0.4 is 5.73 Å². The third kappa shape index (κ3) is 2.23. The maximum atomic E-state index is 12.9. The van der Waals surface area contributed by atoms with E-state index in [1.165, 1.54) is 4.70 Å². The summed E-state index contributed by atoms with van der Waals surface area (Å²) in [7, 11) is 0. The van der Waals surface area contributed by atoms with Crippen LogP contribution in [0.15, 0.2) is 29.6 Å². The first-order chi connectivity index (χ1) is 9.72. The van der Waals surface area contributed by atoms with E-state index in [4.69, 9.17) is 5.73 Å². The number of nitrogens with zero attached hydrogens (tertiary/aromatic N) is 1. The van der Waals surface area contributed by atoms with Crippen molar-refractivity contribution in [3.05, 3.63) is 35.2 Å². The first-order valence-electron chi connectivity index (χ1n) is 7.21. The summed E-state index contributed by atoms with van der Waals surface area (Å²) >= 11 is 1.64. The van der Waals surface area contributed by atoms with Gasteiger partial charge in [-0.05, 0) is 32.3 Å². The van der Waals surface area contributed by atoms with Crippen molar-refractivity contribution in [2.45, 2.75) is 38.3 Å². The minimum absolute atomic E-state index is 0.144. The molecule has 1 aromatic carbocycles. The molecular formula is C16H20N2OS. The van der Waals surface area contributed by atoms with Gasteiger partial charge in [0.25, 0.3) is 5.91 Å². The molecule has 0 bridgehead atoms. The Morgan fingerprint density at radius 3 is 3.00 bits per heavy atom. The number of nitrogens with two attached hydrogens (primary N) is 1. The normalized spacial score (nSPS) is 23.2. The molecular weight excluding hydrogens is 268 g/mol. The molecule has 3 rings (SSSR count). The number of rotatable bonds is 2. The van der Waals surface area contributed by atoms with Crippen LogP contribution in [0.4, 0.5) is 0 Å². The highest BCUT2D eigenvalue weighted by Gasteiger charge is 2.32. The molecule has 3 nitrogen and oxygen atoms in total. The van der Waals surface area contributed by atoms with E-state index in [1.807, 2.05) is 28.5 Å². The molecule has 0 aliphatic carbocycles. The van der Waals surface area contributed by atoms with Crippen molar-refractivity contribution in [2.24, 2.45) is 5.73 Å². The van der Waals surface area contributed by atoms with E-state index in [1.54, 1.807) is 11.3 Å². The van der Waals surface area contributed by atoms with Crippen LogP contribution in [-0.4, -0.2) is 29.4 Å². The first-order valence-corrected chi connectivity index (χ1v) is 8.09. The number of thiophene rings is 1. The zero-order valence-electron chi connectivity index (χ0n) is 11.7. The van der Waals surface area contributed by atoms with E-state index in [0.717, 1.165) is 30.2 Å². The number of carbonyl (C=O) groups is 1. The van der Waals surface area contributed by atoms with Crippen molar-refractivity contribution in [3.8, 4) is 0 Å². The van der Waals surface area contributed by atoms with Gasteiger partial charge in [0.15, 0.2) is 0 Å². The van der Waals surface area contributed by atoms with Crippen LogP contribution in [0.25, 0.3) is 10.1 Å². The van der Waals surface area contributed by atoms with Crippen LogP contribution in [0.1, 0.15) is 36.5 Å². The molecule has 20 heavy (non-hydrogen) atoms. The molecule has 1 saturated heterocycles. The average Bonchev–Trinajstić information content (AvgIpc) is 2.90. The predicted molar refractivity (Wildman–Crippen MR) is 84.1 cm³/mol. The van der Waals surface area contributed by atoms with Gasteiger partial charge in [0.05, 0.1) is 5.56 Å². The lowest BCUT2D eigenvalue weighted by Crippen LogP contribution is -2.51. The van der Waals surface area contributed by atoms with Crippen molar-refractivity contribution >= 4 is 27.3 Å². The summed E-state index contributed by atoms with van der Waals surface area (Å²) in [6, 6.07) is 8.57. The number of hydrogen-bond acceptors (Lipinski definition) is 3. The van der Waals surface area contributed by atoms with Crippen molar-refractivity contribution in [3.63, 3.8) is 0 Å². The third-order valence-corrected chi connectivity index (χ3v) is 5.21. The summed E-state index contributed by atoms with van der Waals surface area (Å²) < 4.78 is 1.17. The van der Waals surface area contributed by atoms with Crippen LogP contribution in [0.2, 0.25) is 0 Å². The maximum Gasteiger partial charge on any atom is 0.255 e. The molecule has 1 aromatic heterocycles. The second kappa shape index (κ2) is 5.54. The fourth-order valence-corrected chi connectivity index (χ4v) is 4.10. The van der Waals surface area contributed by atoms with Crippen LogP contribution in [0.3, 0.4) is 0 Å². The number of fused-ring (bicyclic) bond motifs is 1. The highest BCUT2D eigenvalue weighted by Crippen LogP contribution is 2.30. The van der Waals surface area contributed by atoms with Gasteiger partial charge in [0, 0.05) is 34.1 Å². The van der Waals surface area contributed by atoms with Gasteiger partial charge >= 0.3 is 0 Å². The van der Waals surface area contributed by atoms with Crippen LogP contribution in [0.5, 0.6) is 0 Å². The van der Waals surface area contributed by atoms with Crippen LogP contribution in [0, 0.1) is 0 Å². The van der Waals surface area contributed by atoms with Gasteiger partial charge < -0.3 is 10.6 Å². The fraction of sp³-hybridized carbons (Fsp3) is 0.438. The van der Waals surface area contributed by atoms with Crippen LogP contribution in [-0.2, 0) is 0 Å². The topological polar surface area (TPSA) is 46.3 Å². The number of amides is 1. The molecule has 0 saturated carbocycles. The molecule has 2 unspecified atom stereocenters. The monoisotopic (exact) mass is 288 g/mol. The van der Waals surface area contributed by atoms with Crippen molar-refractivity contribution in [1.29, 1.82) is 0 Å². The Kier molecular flexibility index (Phi) is 3.76. The molecule has 0 radical (unpaired) electrons. The maximum absolute atomic E-state index is 12.9. The van der Waals surface area contributed by atoms with E-state index in [0.29, 0.717) is 6.54 Å². The smallest absolute Gasteiger partial charge is 0.255 e. The summed E-state index contributed by atoms with van der Waals surface area (Å²) in [5.74, 6) is 0.144. The lowest BCUT2D eigenvalue weighted by Gasteiger charge is -2.40. The highest BCUT2D eigenvalue weighted by atomic mass is 32.1. The Balaban J connectivity index is 1.98. The Hall–Kier alpha value is -1.39. The summed E-state index contributed by atoms with van der Waals surface area (Å²) in [5.41, 5.74) is 6.70. The molecule has 1 fully saturated rings. The van der Waals surface area contributed by atoms with Gasteiger partial charge in [0.2, 0.25) is 0 Å². The van der Waals surface area contributed by atoms with Gasteiger partial charge in [-0.2, -0.15) is 0 Å². The van der Waals surface area contributed by atoms with E-state index in [2.05, 4.69) is 13.0 Å². The van der Waals surface area contributed by atoms with E-state index < -0.39 is 0 Å². The quantitative estimate of drug-likeness (QED) is 0.922. The number of likely N-dealkylation sites (tertiary alicyclic amines) is 1. The Labute approximate surface area is 123 Å². The Bertz CT molecular complexity index is 622. The Morgan fingerprint density at radius 1 is 1.40 bits per heavy atom. The lowest BCUT2D eigenvalue weighted by atomic mass is 9.95. The molecule has 1 aliphatic rings. The summed E-state index contributed by atoms with van der Waals surface area (Å²) in [6.07, 6.45) is 3.26. The van der Waals surface area contributed by atoms with Gasteiger partial charge in [-0.1, -0.05) is 18.2 Å². The molecule has 1 amide bonds. The van der Waals surface area contributed by atoms with Gasteiger partial charge in [-0.25, -0.2) is 0 Å². The molecule has 0 spiro atoms. The first kappa shape index (κ1) is 13.6. The Morgan fingerprint density at radius 2 is 2.20 bits per heavy atom. The van der Waals surface area contributed by atoms with Gasteiger partial charge in [0.1, 0.15) is 0 Å². The number of piperidine rings is 1. The van der Waals surface area contributed by atoms with E-state index >= 15 is 0 Å². The zero-order valence-corrected chi connectivity index (χ0v) is 12.5. The van der Waals surface area contributed by atoms with Crippen LogP contribution >= 0.6 is 11.3 Å². The second-order valence-electron chi connectivity index (χ2n) is 5.53. The average molecular weight is 288 g/mol. The summed E-state index contributed by atoms with van der Waals surface area (Å²) in [6.45, 7) is 2.69. The standard InChI is InChI=1S/C16H20N2OS/c1-11-5-4-6-12(9-17)18(11)16(19)14-10-20-15-8-3-2-7-13(14)15/h2-3,7-8,10-12H,4-6,9,17H2,1H3. The van der Waals surface area contributed by atoms with Gasteiger partial charge in [-0.3, -0.25) is 4.79 Å². The second-order valence-corrected chi connectivity index (χ2v) is 6.44. The minimum Gasteiger partial charge on any atom is -0.332 e. The van der Waals surface area contributed by atoms with E-state index in [9.17, 15) is 4.79 Å². The molecule has 2 atom stereocenters. The summed E-state index contributed by atoms with van der Waals surface area (Å²) in [5, 5.41) is 3.05. The fourth-order valence-electron chi connectivity index (χ4n) is 3.17. The largest absolute Gasteiger partial charge is 0.332 e. The lowest BCUT2D eigenvalue weighted by molar-refractivity contribution is 0.0496. The molecule has 2 N–H and O–H groups in total. The van der Waals surface area contributed by atoms with Crippen molar-refractivity contribution in [1.82, 2.24) is 4.90 Å². The molecule has 106 valence electrons. The summed E-state index contributed by atoms with van der Waals surface area (Å²) in [4.78, 5) is 14.9. The molecule has 2 heterocycles. The zero-order chi connectivity index (χ0) is 14.1. The van der Waals surface area contributed by atoms with E-state index in [-0.39, 0.29) is 18.0 Å². The molecule has 4 heteroatoms. The number of carbonyl (C=O) groups excluding carboxylic acids is 1. The number of hydrogen-bond donors (Lipinski definition) is 1. The molecule has 1 aliphatic heterocycles. The minimum atomic E-state index is 0.144. The SMILES string of the molecule is CC1CCCC(CN)N1C(=O)c1csc2ccccc12. The third-order valence-electron chi connectivity index (χ3n) is 4.25. The van der Waals surface area contributed by atoms with Gasteiger partial charge in [-0.15, -0.1) is 11.3 Å². The highest BCUT2D eigenvalue weighted by molar-refractivity contribution is 7.17.